The maximum Gasteiger partial charge on any atom is 0.144 e. The fourth-order valence-corrected chi connectivity index (χ4v) is 1.37. The number of hydrogen-bond donors (Lipinski definition) is 0. The summed E-state index contributed by atoms with van der Waals surface area (Å²) in [6.07, 6.45) is 3.20. The highest BCUT2D eigenvalue weighted by Crippen LogP contribution is 2.27. The average molecular weight is 153 g/mol. The normalized spacial score (nSPS) is 31.2. The molecule has 1 saturated carbocycles. The molecular weight excluding hydrogens is 142 g/mol. The Labute approximate surface area is 65.2 Å². The average Bonchev–Trinajstić information content (AvgIpc) is 1.96. The molecule has 0 amide bonds. The number of azide groups is 1. The third kappa shape index (κ3) is 1.52. The molecule has 1 aliphatic carbocycles. The van der Waals surface area contributed by atoms with E-state index in [1.807, 2.05) is 0 Å². The quantitative estimate of drug-likeness (QED) is 0.323. The van der Waals surface area contributed by atoms with Crippen molar-refractivity contribution >= 4 is 5.78 Å². The van der Waals surface area contributed by atoms with Gasteiger partial charge in [-0.05, 0) is 25.3 Å². The first-order chi connectivity index (χ1) is 5.19. The second-order valence-electron chi connectivity index (χ2n) is 3.09. The molecule has 60 valence electrons. The van der Waals surface area contributed by atoms with Gasteiger partial charge in [0.15, 0.2) is 0 Å². The zero-order chi connectivity index (χ0) is 8.32. The third-order valence-corrected chi connectivity index (χ3v) is 2.18. The van der Waals surface area contributed by atoms with Crippen LogP contribution in [0.2, 0.25) is 0 Å². The first-order valence-corrected chi connectivity index (χ1v) is 3.78. The molecule has 0 heterocycles. The van der Waals surface area contributed by atoms with Crippen LogP contribution in [0, 0.1) is 0 Å². The van der Waals surface area contributed by atoms with Crippen molar-refractivity contribution in [1.29, 1.82) is 0 Å². The molecule has 1 unspecified atom stereocenters. The van der Waals surface area contributed by atoms with Crippen LogP contribution in [0.1, 0.15) is 32.6 Å². The van der Waals surface area contributed by atoms with Gasteiger partial charge in [0.2, 0.25) is 0 Å². The summed E-state index contributed by atoms with van der Waals surface area (Å²) in [6.45, 7) is 1.72. The van der Waals surface area contributed by atoms with Crippen LogP contribution in [0.25, 0.3) is 10.4 Å². The van der Waals surface area contributed by atoms with E-state index in [1.54, 1.807) is 6.92 Å². The zero-order valence-electron chi connectivity index (χ0n) is 6.58. The SMILES string of the molecule is CC1(N=[N+]=[N-])CCCCC1=O. The smallest absolute Gasteiger partial charge is 0.144 e. The van der Waals surface area contributed by atoms with Gasteiger partial charge in [-0.25, -0.2) is 0 Å². The Morgan fingerprint density at radius 1 is 1.64 bits per heavy atom. The first-order valence-electron chi connectivity index (χ1n) is 3.78. The molecule has 4 nitrogen and oxygen atoms in total. The van der Waals surface area contributed by atoms with Gasteiger partial charge in [0.25, 0.3) is 0 Å². The van der Waals surface area contributed by atoms with E-state index in [2.05, 4.69) is 10.0 Å². The number of nitrogens with zero attached hydrogens (tertiary/aromatic N) is 3. The highest BCUT2D eigenvalue weighted by molar-refractivity contribution is 5.88. The molecule has 0 N–H and O–H groups in total. The van der Waals surface area contributed by atoms with Crippen molar-refractivity contribution < 1.29 is 4.79 Å². The summed E-state index contributed by atoms with van der Waals surface area (Å²) in [5.74, 6) is 0.0848. The van der Waals surface area contributed by atoms with E-state index in [9.17, 15) is 4.79 Å². The van der Waals surface area contributed by atoms with E-state index in [4.69, 9.17) is 5.53 Å². The highest BCUT2D eigenvalue weighted by atomic mass is 16.1. The highest BCUT2D eigenvalue weighted by Gasteiger charge is 2.33. The molecule has 1 rings (SSSR count). The summed E-state index contributed by atoms with van der Waals surface area (Å²) in [5.41, 5.74) is 7.46. The van der Waals surface area contributed by atoms with Gasteiger partial charge in [0.1, 0.15) is 11.3 Å². The molecule has 0 saturated heterocycles. The molecule has 1 atom stereocenters. The number of carbonyl (C=O) groups excluding carboxylic acids is 1. The number of hydrogen-bond acceptors (Lipinski definition) is 2. The van der Waals surface area contributed by atoms with Crippen molar-refractivity contribution in [2.24, 2.45) is 5.11 Å². The van der Waals surface area contributed by atoms with E-state index >= 15 is 0 Å². The molecule has 0 radical (unpaired) electrons. The molecule has 0 bridgehead atoms. The van der Waals surface area contributed by atoms with E-state index in [1.165, 1.54) is 0 Å². The van der Waals surface area contributed by atoms with E-state index in [0.29, 0.717) is 12.8 Å². The summed E-state index contributed by atoms with van der Waals surface area (Å²) < 4.78 is 0. The van der Waals surface area contributed by atoms with Crippen molar-refractivity contribution in [3.8, 4) is 0 Å². The van der Waals surface area contributed by atoms with Gasteiger partial charge in [0.05, 0.1) is 0 Å². The summed E-state index contributed by atoms with van der Waals surface area (Å²) >= 11 is 0. The fourth-order valence-electron chi connectivity index (χ4n) is 1.37. The van der Waals surface area contributed by atoms with Crippen molar-refractivity contribution in [2.45, 2.75) is 38.1 Å². The van der Waals surface area contributed by atoms with Crippen molar-refractivity contribution in [3.05, 3.63) is 10.4 Å². The molecule has 0 aromatic rings. The Kier molecular flexibility index (Phi) is 2.15. The molecule has 0 aliphatic heterocycles. The van der Waals surface area contributed by atoms with Crippen molar-refractivity contribution in [2.75, 3.05) is 0 Å². The topological polar surface area (TPSA) is 65.8 Å². The lowest BCUT2D eigenvalue weighted by atomic mass is 9.83. The zero-order valence-corrected chi connectivity index (χ0v) is 6.58. The Morgan fingerprint density at radius 2 is 2.36 bits per heavy atom. The van der Waals surface area contributed by atoms with Gasteiger partial charge >= 0.3 is 0 Å². The van der Waals surface area contributed by atoms with Crippen LogP contribution in [-0.4, -0.2) is 11.3 Å². The Balaban J connectivity index is 2.80. The van der Waals surface area contributed by atoms with Gasteiger partial charge in [-0.3, -0.25) is 4.79 Å². The second kappa shape index (κ2) is 2.93. The summed E-state index contributed by atoms with van der Waals surface area (Å²) in [5, 5.41) is 3.53. The third-order valence-electron chi connectivity index (χ3n) is 2.18. The number of rotatable bonds is 1. The van der Waals surface area contributed by atoms with Crippen LogP contribution in [0.15, 0.2) is 5.11 Å². The van der Waals surface area contributed by atoms with Crippen molar-refractivity contribution in [1.82, 2.24) is 0 Å². The van der Waals surface area contributed by atoms with Gasteiger partial charge in [0, 0.05) is 11.3 Å². The molecule has 0 aromatic heterocycles. The van der Waals surface area contributed by atoms with Gasteiger partial charge in [-0.15, -0.1) is 0 Å². The number of Topliss-reactive ketones (excluding diaryl/α,β-unsaturated/α-hetero) is 1. The van der Waals surface area contributed by atoms with E-state index in [-0.39, 0.29) is 5.78 Å². The lowest BCUT2D eigenvalue weighted by Gasteiger charge is -2.26. The second-order valence-corrected chi connectivity index (χ2v) is 3.09. The molecule has 1 fully saturated rings. The largest absolute Gasteiger partial charge is 0.299 e. The monoisotopic (exact) mass is 153 g/mol. The Hall–Kier alpha value is -1.02. The van der Waals surface area contributed by atoms with Crippen LogP contribution in [0.3, 0.4) is 0 Å². The molecule has 1 aliphatic rings. The summed E-state index contributed by atoms with van der Waals surface area (Å²) in [4.78, 5) is 13.9. The lowest BCUT2D eigenvalue weighted by Crippen LogP contribution is -2.35. The molecule has 0 spiro atoms. The van der Waals surface area contributed by atoms with Gasteiger partial charge in [-0.2, -0.15) is 0 Å². The molecule has 11 heavy (non-hydrogen) atoms. The molecular formula is C7H11N3O. The summed E-state index contributed by atoms with van der Waals surface area (Å²) in [6, 6.07) is 0. The summed E-state index contributed by atoms with van der Waals surface area (Å²) in [7, 11) is 0. The lowest BCUT2D eigenvalue weighted by molar-refractivity contribution is -0.125. The van der Waals surface area contributed by atoms with Gasteiger partial charge < -0.3 is 0 Å². The van der Waals surface area contributed by atoms with Crippen molar-refractivity contribution in [3.63, 3.8) is 0 Å². The van der Waals surface area contributed by atoms with Crippen LogP contribution < -0.4 is 0 Å². The minimum Gasteiger partial charge on any atom is -0.299 e. The molecule has 4 heteroatoms. The van der Waals surface area contributed by atoms with Crippen LogP contribution in [-0.2, 0) is 4.79 Å². The van der Waals surface area contributed by atoms with Crippen LogP contribution >= 0.6 is 0 Å². The Bertz CT molecular complexity index is 220. The number of ketones is 1. The van der Waals surface area contributed by atoms with Gasteiger partial charge in [-0.1, -0.05) is 11.5 Å². The minimum absolute atomic E-state index is 0.0848. The first kappa shape index (κ1) is 8.08. The molecule has 0 aromatic carbocycles. The Morgan fingerprint density at radius 3 is 2.91 bits per heavy atom. The maximum atomic E-state index is 11.2. The van der Waals surface area contributed by atoms with Crippen LogP contribution in [0.4, 0.5) is 0 Å². The number of carbonyl (C=O) groups is 1. The standard InChI is InChI=1S/C7H11N3O/c1-7(9-10-8)5-3-2-4-6(7)11/h2-5H2,1H3. The van der Waals surface area contributed by atoms with Crippen LogP contribution in [0.5, 0.6) is 0 Å². The maximum absolute atomic E-state index is 11.2. The predicted molar refractivity (Wildman–Crippen MR) is 41.0 cm³/mol. The van der Waals surface area contributed by atoms with E-state index < -0.39 is 5.54 Å². The minimum atomic E-state index is -0.743. The predicted octanol–water partition coefficient (Wildman–Crippen LogP) is 2.20. The fraction of sp³-hybridized carbons (Fsp3) is 0.857. The van der Waals surface area contributed by atoms with E-state index in [0.717, 1.165) is 12.8 Å².